The van der Waals surface area contributed by atoms with Gasteiger partial charge in [0.15, 0.2) is 5.96 Å². The average molecular weight is 383 g/mol. The van der Waals surface area contributed by atoms with Crippen LogP contribution in [0.3, 0.4) is 0 Å². The predicted octanol–water partition coefficient (Wildman–Crippen LogP) is 3.20. The van der Waals surface area contributed by atoms with E-state index in [-0.39, 0.29) is 12.0 Å². The van der Waals surface area contributed by atoms with Crippen molar-refractivity contribution in [2.45, 2.75) is 51.6 Å². The van der Waals surface area contributed by atoms with Gasteiger partial charge in [-0.2, -0.15) is 0 Å². The lowest BCUT2D eigenvalue weighted by Gasteiger charge is -2.21. The Morgan fingerprint density at radius 2 is 2.04 bits per heavy atom. The number of hydrogen-bond acceptors (Lipinski definition) is 3. The zero-order chi connectivity index (χ0) is 19.5. The zero-order valence-electron chi connectivity index (χ0n) is 16.8. The molecule has 1 aliphatic carbocycles. The number of para-hydroxylation sites is 1. The van der Waals surface area contributed by atoms with Gasteiger partial charge in [0.1, 0.15) is 11.3 Å². The molecule has 0 bridgehead atoms. The first kappa shape index (κ1) is 18.8. The fourth-order valence-corrected chi connectivity index (χ4v) is 4.45. The minimum Gasteiger partial charge on any atom is -0.459 e. The number of furan rings is 1. The third-order valence-electron chi connectivity index (χ3n) is 6.13. The van der Waals surface area contributed by atoms with Crippen LogP contribution in [0.1, 0.15) is 43.4 Å². The second-order valence-electron chi connectivity index (χ2n) is 7.97. The summed E-state index contributed by atoms with van der Waals surface area (Å²) in [6.07, 6.45) is 5.48. The summed E-state index contributed by atoms with van der Waals surface area (Å²) in [6.45, 7) is 4.27. The maximum absolute atomic E-state index is 12.6. The van der Waals surface area contributed by atoms with Gasteiger partial charge >= 0.3 is 0 Å². The van der Waals surface area contributed by atoms with Crippen LogP contribution in [0.2, 0.25) is 0 Å². The molecule has 2 fully saturated rings. The summed E-state index contributed by atoms with van der Waals surface area (Å²) in [4.78, 5) is 19.0. The van der Waals surface area contributed by atoms with Gasteiger partial charge in [-0.25, -0.2) is 0 Å². The van der Waals surface area contributed by atoms with Crippen LogP contribution in [0.25, 0.3) is 11.0 Å². The van der Waals surface area contributed by atoms with Gasteiger partial charge in [0.2, 0.25) is 5.91 Å². The number of carbonyl (C=O) groups is 1. The van der Waals surface area contributed by atoms with Gasteiger partial charge < -0.3 is 20.0 Å². The lowest BCUT2D eigenvalue weighted by Crippen LogP contribution is -2.45. The van der Waals surface area contributed by atoms with Gasteiger partial charge in [0.25, 0.3) is 0 Å². The van der Waals surface area contributed by atoms with Gasteiger partial charge in [-0.1, -0.05) is 31.0 Å². The van der Waals surface area contributed by atoms with E-state index >= 15 is 0 Å². The summed E-state index contributed by atoms with van der Waals surface area (Å²) in [5.41, 5.74) is 2.07. The van der Waals surface area contributed by atoms with Crippen molar-refractivity contribution in [1.82, 2.24) is 15.5 Å². The number of amides is 1. The van der Waals surface area contributed by atoms with Crippen LogP contribution < -0.4 is 10.6 Å². The van der Waals surface area contributed by atoms with Gasteiger partial charge in [0, 0.05) is 43.0 Å². The molecule has 0 spiro atoms. The molecule has 1 aromatic carbocycles. The lowest BCUT2D eigenvalue weighted by atomic mass is 10.1. The Balaban J connectivity index is 1.31. The molecular formula is C22H30N4O2. The van der Waals surface area contributed by atoms with Crippen LogP contribution in [0, 0.1) is 12.8 Å². The normalized spacial score (nSPS) is 20.9. The third-order valence-corrected chi connectivity index (χ3v) is 6.13. The van der Waals surface area contributed by atoms with Crippen molar-refractivity contribution in [2.24, 2.45) is 10.9 Å². The molecule has 0 radical (unpaired) electrons. The van der Waals surface area contributed by atoms with Gasteiger partial charge in [0.05, 0.1) is 6.54 Å². The molecule has 150 valence electrons. The van der Waals surface area contributed by atoms with Crippen LogP contribution in [0.15, 0.2) is 33.7 Å². The van der Waals surface area contributed by atoms with Crippen LogP contribution in [-0.4, -0.2) is 42.9 Å². The molecule has 2 N–H and O–H groups in total. The number of benzene rings is 1. The highest BCUT2D eigenvalue weighted by Gasteiger charge is 2.32. The average Bonchev–Trinajstić information content (AvgIpc) is 3.46. The van der Waals surface area contributed by atoms with Crippen LogP contribution in [-0.2, 0) is 11.3 Å². The minimum absolute atomic E-state index is 0.244. The van der Waals surface area contributed by atoms with E-state index < -0.39 is 0 Å². The number of aryl methyl sites for hydroxylation is 1. The van der Waals surface area contributed by atoms with Crippen LogP contribution in [0.4, 0.5) is 0 Å². The molecule has 1 atom stereocenters. The number of rotatable bonds is 4. The standard InChI is InChI=1S/C22H30N4O2/c1-15-18-9-5-6-10-19(18)28-20(15)13-24-22(23-2)25-17-11-12-26(14-17)21(27)16-7-3-4-8-16/h5-6,9-10,16-17H,3-4,7-8,11-14H2,1-2H3,(H2,23,24,25). The number of aliphatic imine (C=N–C) groups is 1. The molecule has 2 aliphatic rings. The van der Waals surface area contributed by atoms with Crippen molar-refractivity contribution in [2.75, 3.05) is 20.1 Å². The molecule has 1 unspecified atom stereocenters. The number of guanidine groups is 1. The topological polar surface area (TPSA) is 69.9 Å². The Hall–Kier alpha value is -2.50. The molecule has 1 saturated heterocycles. The maximum atomic E-state index is 12.6. The Bertz CT molecular complexity index is 867. The van der Waals surface area contributed by atoms with Crippen LogP contribution in [0.5, 0.6) is 0 Å². The van der Waals surface area contributed by atoms with Gasteiger partial charge in [-0.15, -0.1) is 0 Å². The highest BCUT2D eigenvalue weighted by Crippen LogP contribution is 2.28. The smallest absolute Gasteiger partial charge is 0.225 e. The second-order valence-corrected chi connectivity index (χ2v) is 7.97. The first-order valence-corrected chi connectivity index (χ1v) is 10.4. The van der Waals surface area contributed by atoms with Crippen molar-refractivity contribution in [3.05, 3.63) is 35.6 Å². The molecular weight excluding hydrogens is 352 g/mol. The van der Waals surface area contributed by atoms with Crippen molar-refractivity contribution >= 4 is 22.8 Å². The number of nitrogens with zero attached hydrogens (tertiary/aromatic N) is 2. The number of fused-ring (bicyclic) bond motifs is 1. The molecule has 1 aliphatic heterocycles. The van der Waals surface area contributed by atoms with E-state index in [1.165, 1.54) is 12.8 Å². The van der Waals surface area contributed by atoms with Crippen molar-refractivity contribution in [3.63, 3.8) is 0 Å². The predicted molar refractivity (Wildman–Crippen MR) is 111 cm³/mol. The SMILES string of the molecule is CN=C(NCc1oc2ccccc2c1C)NC1CCN(C(=O)C2CCCC2)C1. The van der Waals surface area contributed by atoms with Crippen molar-refractivity contribution in [1.29, 1.82) is 0 Å². The Kier molecular flexibility index (Phi) is 5.55. The summed E-state index contributed by atoms with van der Waals surface area (Å²) >= 11 is 0. The fraction of sp³-hybridized carbons (Fsp3) is 0.545. The first-order valence-electron chi connectivity index (χ1n) is 10.4. The first-order chi connectivity index (χ1) is 13.7. The van der Waals surface area contributed by atoms with Gasteiger partial charge in [-0.3, -0.25) is 9.79 Å². The summed E-state index contributed by atoms with van der Waals surface area (Å²) in [5.74, 6) is 2.28. The largest absolute Gasteiger partial charge is 0.459 e. The molecule has 6 nitrogen and oxygen atoms in total. The van der Waals surface area contributed by atoms with E-state index in [0.717, 1.165) is 60.6 Å². The maximum Gasteiger partial charge on any atom is 0.225 e. The molecule has 28 heavy (non-hydrogen) atoms. The van der Waals surface area contributed by atoms with E-state index in [0.29, 0.717) is 12.5 Å². The van der Waals surface area contributed by atoms with Crippen molar-refractivity contribution in [3.8, 4) is 0 Å². The number of nitrogens with one attached hydrogen (secondary N) is 2. The number of hydrogen-bond donors (Lipinski definition) is 2. The van der Waals surface area contributed by atoms with E-state index in [2.05, 4.69) is 28.6 Å². The zero-order valence-corrected chi connectivity index (χ0v) is 16.8. The Morgan fingerprint density at radius 3 is 2.79 bits per heavy atom. The summed E-state index contributed by atoms with van der Waals surface area (Å²) in [6, 6.07) is 8.34. The summed E-state index contributed by atoms with van der Waals surface area (Å²) in [7, 11) is 1.78. The molecule has 1 amide bonds. The minimum atomic E-state index is 0.244. The van der Waals surface area contributed by atoms with Crippen LogP contribution >= 0.6 is 0 Å². The quantitative estimate of drug-likeness (QED) is 0.629. The molecule has 6 heteroatoms. The number of carbonyl (C=O) groups excluding carboxylic acids is 1. The second kappa shape index (κ2) is 8.25. The summed E-state index contributed by atoms with van der Waals surface area (Å²) < 4.78 is 5.97. The molecule has 2 aromatic rings. The Labute approximate surface area is 166 Å². The number of likely N-dealkylation sites (tertiary alicyclic amines) is 1. The highest BCUT2D eigenvalue weighted by molar-refractivity contribution is 5.83. The van der Waals surface area contributed by atoms with E-state index in [1.54, 1.807) is 7.05 Å². The third kappa shape index (κ3) is 3.86. The molecule has 2 heterocycles. The lowest BCUT2D eigenvalue weighted by molar-refractivity contribution is -0.134. The van der Waals surface area contributed by atoms with E-state index in [9.17, 15) is 4.79 Å². The monoisotopic (exact) mass is 382 g/mol. The highest BCUT2D eigenvalue weighted by atomic mass is 16.3. The van der Waals surface area contributed by atoms with E-state index in [1.807, 2.05) is 23.1 Å². The molecule has 1 aromatic heterocycles. The van der Waals surface area contributed by atoms with Gasteiger partial charge in [-0.05, 0) is 32.3 Å². The fourth-order valence-electron chi connectivity index (χ4n) is 4.45. The van der Waals surface area contributed by atoms with E-state index in [4.69, 9.17) is 4.42 Å². The Morgan fingerprint density at radius 1 is 1.25 bits per heavy atom. The summed E-state index contributed by atoms with van der Waals surface area (Å²) in [5, 5.41) is 7.98. The molecule has 1 saturated carbocycles. The van der Waals surface area contributed by atoms with Crippen molar-refractivity contribution < 1.29 is 9.21 Å². The molecule has 4 rings (SSSR count).